The van der Waals surface area contributed by atoms with E-state index in [9.17, 15) is 4.57 Å². The highest BCUT2D eigenvalue weighted by Crippen LogP contribution is 2.35. The summed E-state index contributed by atoms with van der Waals surface area (Å²) in [5, 5.41) is 2.81. The van der Waals surface area contributed by atoms with Crippen LogP contribution >= 0.6 is 7.60 Å². The number of hydrogen-bond donors (Lipinski definition) is 6. The average Bonchev–Trinajstić information content (AvgIpc) is 2.72. The molecule has 10 nitrogen and oxygen atoms in total. The number of nitrogens with zero attached hydrogens (tertiary/aromatic N) is 2. The summed E-state index contributed by atoms with van der Waals surface area (Å²) >= 11 is 0. The molecule has 2 heterocycles. The van der Waals surface area contributed by atoms with Gasteiger partial charge >= 0.3 is 7.60 Å². The molecule has 0 saturated heterocycles. The number of imidazole rings is 1. The Balaban J connectivity index is 2.16. The summed E-state index contributed by atoms with van der Waals surface area (Å²) in [5.41, 5.74) is 12.2. The van der Waals surface area contributed by atoms with E-state index in [1.807, 2.05) is 0 Å². The molecule has 0 aliphatic carbocycles. The lowest BCUT2D eigenvalue weighted by molar-refractivity contribution is 0.0416. The van der Waals surface area contributed by atoms with E-state index in [2.05, 4.69) is 20.3 Å². The minimum absolute atomic E-state index is 0.139. The van der Waals surface area contributed by atoms with Crippen LogP contribution in [0.25, 0.3) is 0 Å². The zero-order valence-electron chi connectivity index (χ0n) is 10.1. The van der Waals surface area contributed by atoms with E-state index >= 15 is 0 Å². The molecule has 2 rings (SSSR count). The van der Waals surface area contributed by atoms with E-state index in [0.717, 1.165) is 0 Å². The molecule has 106 valence electrons. The van der Waals surface area contributed by atoms with E-state index in [1.54, 1.807) is 0 Å². The second-order valence-corrected chi connectivity index (χ2v) is 5.76. The highest BCUT2D eigenvalue weighted by Gasteiger charge is 2.38. The number of H-pyrrole nitrogens is 1. The molecule has 1 aromatic rings. The van der Waals surface area contributed by atoms with Crippen LogP contribution in [0.1, 0.15) is 12.6 Å². The number of nitrogens with two attached hydrogens (primary N) is 2. The maximum Gasteiger partial charge on any atom is 0.350 e. The summed E-state index contributed by atoms with van der Waals surface area (Å²) in [6.07, 6.45) is -0.159. The molecule has 1 aliphatic rings. The summed E-state index contributed by atoms with van der Waals surface area (Å²) < 4.78 is 15.8. The molecule has 0 amide bonds. The van der Waals surface area contributed by atoms with E-state index < -0.39 is 25.8 Å². The number of fused-ring (bicyclic) bond motifs is 1. The van der Waals surface area contributed by atoms with Gasteiger partial charge in [0.1, 0.15) is 24.0 Å². The molecule has 0 saturated carbocycles. The minimum Gasteiger partial charge on any atom is -0.382 e. The molecule has 0 radical (unpaired) electrons. The molecule has 2 unspecified atom stereocenters. The zero-order valence-corrected chi connectivity index (χ0v) is 11.0. The van der Waals surface area contributed by atoms with Gasteiger partial charge in [-0.15, -0.1) is 0 Å². The van der Waals surface area contributed by atoms with Crippen LogP contribution in [0.15, 0.2) is 11.3 Å². The Morgan fingerprint density at radius 2 is 2.32 bits per heavy atom. The van der Waals surface area contributed by atoms with Crippen molar-refractivity contribution >= 4 is 19.2 Å². The van der Waals surface area contributed by atoms with Crippen molar-refractivity contribution in [2.24, 2.45) is 16.5 Å². The van der Waals surface area contributed by atoms with Crippen molar-refractivity contribution in [2.45, 2.75) is 18.8 Å². The van der Waals surface area contributed by atoms with Crippen LogP contribution in [0, 0.1) is 0 Å². The van der Waals surface area contributed by atoms with Crippen molar-refractivity contribution < 1.29 is 19.1 Å². The van der Waals surface area contributed by atoms with Crippen molar-refractivity contribution in [1.82, 2.24) is 9.97 Å². The largest absolute Gasteiger partial charge is 0.382 e. The zero-order chi connectivity index (χ0) is 14.3. The Bertz CT molecular complexity index is 553. The normalized spacial score (nSPS) is 24.3. The number of amidine groups is 1. The molecule has 11 heteroatoms. The molecular formula is C8H15N6O4P. The predicted octanol–water partition coefficient (Wildman–Crippen LogP) is -1.31. The molecule has 19 heavy (non-hydrogen) atoms. The lowest BCUT2D eigenvalue weighted by Gasteiger charge is -2.35. The number of anilines is 1. The van der Waals surface area contributed by atoms with Crippen LogP contribution in [0.4, 0.5) is 5.82 Å². The summed E-state index contributed by atoms with van der Waals surface area (Å²) in [4.78, 5) is 28.4. The number of aliphatic imine (C=N–C) groups is 1. The smallest absolute Gasteiger partial charge is 0.350 e. The summed E-state index contributed by atoms with van der Waals surface area (Å²) in [6, 6.07) is 0. The van der Waals surface area contributed by atoms with Gasteiger partial charge in [0, 0.05) is 0 Å². The Labute approximate surface area is 108 Å². The molecule has 8 N–H and O–H groups in total. The number of rotatable bonds is 4. The van der Waals surface area contributed by atoms with Gasteiger partial charge in [-0.3, -0.25) is 10.3 Å². The predicted molar refractivity (Wildman–Crippen MR) is 67.3 cm³/mol. The Morgan fingerprint density at radius 3 is 2.95 bits per heavy atom. The van der Waals surface area contributed by atoms with E-state index in [-0.39, 0.29) is 5.84 Å². The van der Waals surface area contributed by atoms with Crippen molar-refractivity contribution in [3.05, 3.63) is 12.0 Å². The molecule has 0 aromatic carbocycles. The first-order chi connectivity index (χ1) is 8.71. The van der Waals surface area contributed by atoms with Gasteiger partial charge in [0.15, 0.2) is 5.82 Å². The molecule has 1 aliphatic heterocycles. The first kappa shape index (κ1) is 14.0. The van der Waals surface area contributed by atoms with E-state index in [4.69, 9.17) is 26.0 Å². The van der Waals surface area contributed by atoms with Crippen LogP contribution in [0.3, 0.4) is 0 Å². The van der Waals surface area contributed by atoms with Crippen LogP contribution in [0.2, 0.25) is 0 Å². The quantitative estimate of drug-likeness (QED) is 0.371. The molecule has 0 fully saturated rings. The van der Waals surface area contributed by atoms with Gasteiger partial charge in [-0.25, -0.2) is 9.98 Å². The maximum atomic E-state index is 10.8. The van der Waals surface area contributed by atoms with Crippen LogP contribution in [0.5, 0.6) is 0 Å². The van der Waals surface area contributed by atoms with Gasteiger partial charge in [0.2, 0.25) is 5.79 Å². The Morgan fingerprint density at radius 1 is 1.63 bits per heavy atom. The minimum atomic E-state index is -4.28. The number of aromatic nitrogens is 2. The second kappa shape index (κ2) is 4.58. The number of ether oxygens (including phenoxy) is 1. The fourth-order valence-corrected chi connectivity index (χ4v) is 2.00. The SMILES string of the molecule is CC(OCP(=O)(O)O)C1(N)N=C(N)c2[nH]cnc2N1. The maximum absolute atomic E-state index is 10.8. The third-order valence-electron chi connectivity index (χ3n) is 2.63. The summed E-state index contributed by atoms with van der Waals surface area (Å²) in [6.45, 7) is 1.52. The van der Waals surface area contributed by atoms with Gasteiger partial charge in [-0.2, -0.15) is 0 Å². The monoisotopic (exact) mass is 290 g/mol. The van der Waals surface area contributed by atoms with E-state index in [1.165, 1.54) is 13.3 Å². The third-order valence-corrected chi connectivity index (χ3v) is 3.12. The van der Waals surface area contributed by atoms with Gasteiger partial charge in [-0.05, 0) is 6.92 Å². The summed E-state index contributed by atoms with van der Waals surface area (Å²) in [5.74, 6) is -0.899. The number of nitrogens with one attached hydrogen (secondary N) is 2. The van der Waals surface area contributed by atoms with Crippen LogP contribution < -0.4 is 16.8 Å². The average molecular weight is 290 g/mol. The van der Waals surface area contributed by atoms with Gasteiger partial charge < -0.3 is 30.6 Å². The highest BCUT2D eigenvalue weighted by atomic mass is 31.2. The number of hydrogen-bond acceptors (Lipinski definition) is 7. The topological polar surface area (TPSA) is 172 Å². The third kappa shape index (κ3) is 2.94. The Kier molecular flexibility index (Phi) is 3.37. The van der Waals surface area contributed by atoms with Gasteiger partial charge in [0.25, 0.3) is 0 Å². The highest BCUT2D eigenvalue weighted by molar-refractivity contribution is 7.51. The molecule has 1 aromatic heterocycles. The van der Waals surface area contributed by atoms with Gasteiger partial charge in [-0.1, -0.05) is 0 Å². The summed E-state index contributed by atoms with van der Waals surface area (Å²) in [7, 11) is -4.28. The van der Waals surface area contributed by atoms with Crippen LogP contribution in [-0.4, -0.2) is 43.8 Å². The lowest BCUT2D eigenvalue weighted by Crippen LogP contribution is -2.58. The van der Waals surface area contributed by atoms with Gasteiger partial charge in [0.05, 0.1) is 6.33 Å². The molecule has 0 bridgehead atoms. The Hall–Kier alpha value is -1.45. The van der Waals surface area contributed by atoms with Crippen LogP contribution in [-0.2, 0) is 9.30 Å². The molecule has 0 spiro atoms. The van der Waals surface area contributed by atoms with E-state index in [0.29, 0.717) is 11.5 Å². The van der Waals surface area contributed by atoms with Crippen molar-refractivity contribution in [1.29, 1.82) is 0 Å². The van der Waals surface area contributed by atoms with Crippen molar-refractivity contribution in [3.63, 3.8) is 0 Å². The fraction of sp³-hybridized carbons (Fsp3) is 0.500. The lowest BCUT2D eigenvalue weighted by atomic mass is 10.1. The first-order valence-corrected chi connectivity index (χ1v) is 7.13. The molecule has 2 atom stereocenters. The van der Waals surface area contributed by atoms with Crippen molar-refractivity contribution in [3.8, 4) is 0 Å². The number of aromatic amines is 1. The standard InChI is InChI=1S/C8H15N6O4P/c1-4(18-3-19(15,16)17)8(10)13-6(9)5-7(14-8)12-2-11-5/h2,4,14H,3,10H2,1H3,(H2,9,13)(H,11,12)(H2,15,16,17). The fourth-order valence-electron chi connectivity index (χ4n) is 1.59. The second-order valence-electron chi connectivity index (χ2n) is 4.18. The molecular weight excluding hydrogens is 275 g/mol. The van der Waals surface area contributed by atoms with Crippen molar-refractivity contribution in [2.75, 3.05) is 11.7 Å². The first-order valence-electron chi connectivity index (χ1n) is 5.33.